The number of carbonyl (C=O) groups is 1. The van der Waals surface area contributed by atoms with Crippen molar-refractivity contribution in [2.45, 2.75) is 71.1 Å². The second kappa shape index (κ2) is 7.75. The maximum atomic E-state index is 12.8. The first-order chi connectivity index (χ1) is 14.2. The Balaban J connectivity index is 1.44. The molecule has 7 nitrogen and oxygen atoms in total. The topological polar surface area (TPSA) is 66.7 Å². The van der Waals surface area contributed by atoms with E-state index in [1.165, 1.54) is 5.70 Å². The summed E-state index contributed by atoms with van der Waals surface area (Å²) in [6.07, 6.45) is 10.2. The van der Waals surface area contributed by atoms with Gasteiger partial charge >= 0.3 is 12.1 Å². The third-order valence-corrected chi connectivity index (χ3v) is 6.31. The molecule has 0 aromatic carbocycles. The smallest absolute Gasteiger partial charge is 0.410 e. The van der Waals surface area contributed by atoms with Crippen LogP contribution in [0.5, 0.6) is 0 Å². The molecule has 4 rings (SSSR count). The van der Waals surface area contributed by atoms with Gasteiger partial charge in [0, 0.05) is 30.9 Å². The van der Waals surface area contributed by atoms with Gasteiger partial charge in [-0.15, -0.1) is 0 Å². The number of amides is 1. The van der Waals surface area contributed by atoms with Crippen LogP contribution in [0, 0.1) is 5.41 Å². The van der Waals surface area contributed by atoms with Gasteiger partial charge in [-0.2, -0.15) is 4.99 Å². The molecule has 0 aromatic heterocycles. The number of piperidine rings is 1. The Kier molecular flexibility index (Phi) is 5.41. The van der Waals surface area contributed by atoms with E-state index in [4.69, 9.17) is 9.47 Å². The number of aliphatic imine (C=N–C) groups is 2. The van der Waals surface area contributed by atoms with Gasteiger partial charge in [0.25, 0.3) is 0 Å². The number of allylic oxidation sites excluding steroid dienone is 3. The second-order valence-electron chi connectivity index (χ2n) is 9.88. The van der Waals surface area contributed by atoms with Crippen LogP contribution < -0.4 is 0 Å². The van der Waals surface area contributed by atoms with Crippen LogP contribution in [0.2, 0.25) is 0 Å². The molecule has 2 aliphatic carbocycles. The maximum Gasteiger partial charge on any atom is 0.410 e. The van der Waals surface area contributed by atoms with Crippen LogP contribution in [0.1, 0.15) is 53.4 Å². The van der Waals surface area contributed by atoms with Crippen LogP contribution in [0.3, 0.4) is 0 Å². The Morgan fingerprint density at radius 1 is 1.20 bits per heavy atom. The van der Waals surface area contributed by atoms with Crippen molar-refractivity contribution >= 4 is 17.8 Å². The van der Waals surface area contributed by atoms with Crippen molar-refractivity contribution in [1.82, 2.24) is 9.80 Å². The van der Waals surface area contributed by atoms with Crippen LogP contribution in [0.4, 0.5) is 4.79 Å². The molecule has 1 amide bonds. The first kappa shape index (κ1) is 20.9. The number of likely N-dealkylation sites (tertiary alicyclic amines) is 1. The quantitative estimate of drug-likeness (QED) is 0.705. The van der Waals surface area contributed by atoms with Gasteiger partial charge in [0.1, 0.15) is 5.60 Å². The average molecular weight is 415 g/mol. The monoisotopic (exact) mass is 414 g/mol. The molecule has 0 N–H and O–H groups in total. The standard InChI is InChI=1S/C23H34N4O3/c1-22(2,3)30-21(28)27(16-9-10-16)17-11-13-26(14-12-17)19-8-6-7-18-23(19,4)15-24-20(25-18)29-5/h6-8,16-17H,9-15H2,1-5H3. The molecule has 2 fully saturated rings. The van der Waals surface area contributed by atoms with E-state index in [1.807, 2.05) is 25.7 Å². The Bertz CT molecular complexity index is 811. The molecule has 2 aliphatic heterocycles. The van der Waals surface area contributed by atoms with Crippen LogP contribution in [0.25, 0.3) is 0 Å². The van der Waals surface area contributed by atoms with E-state index in [0.29, 0.717) is 18.6 Å². The minimum absolute atomic E-state index is 0.154. The maximum absolute atomic E-state index is 12.8. The molecule has 164 valence electrons. The van der Waals surface area contributed by atoms with Gasteiger partial charge in [-0.25, -0.2) is 9.79 Å². The number of rotatable bonds is 3. The van der Waals surface area contributed by atoms with Crippen molar-refractivity contribution in [3.8, 4) is 0 Å². The lowest BCUT2D eigenvalue weighted by atomic mass is 9.76. The third kappa shape index (κ3) is 4.12. The molecule has 0 spiro atoms. The molecule has 1 atom stereocenters. The van der Waals surface area contributed by atoms with E-state index >= 15 is 0 Å². The molecule has 1 saturated heterocycles. The van der Waals surface area contributed by atoms with E-state index in [0.717, 1.165) is 44.5 Å². The van der Waals surface area contributed by atoms with E-state index in [9.17, 15) is 4.79 Å². The molecule has 0 aromatic rings. The first-order valence-electron chi connectivity index (χ1n) is 11.0. The van der Waals surface area contributed by atoms with E-state index in [1.54, 1.807) is 7.11 Å². The summed E-state index contributed by atoms with van der Waals surface area (Å²) in [6, 6.07) is 1.04. The van der Waals surface area contributed by atoms with Gasteiger partial charge in [0.15, 0.2) is 0 Å². The minimum atomic E-state index is -0.461. The highest BCUT2D eigenvalue weighted by Crippen LogP contribution is 2.40. The summed E-state index contributed by atoms with van der Waals surface area (Å²) in [5.74, 6) is 0. The molecule has 2 heterocycles. The predicted octanol–water partition coefficient (Wildman–Crippen LogP) is 3.77. The zero-order chi connectivity index (χ0) is 21.5. The molecule has 7 heteroatoms. The van der Waals surface area contributed by atoms with Crippen molar-refractivity contribution in [2.75, 3.05) is 26.7 Å². The van der Waals surface area contributed by atoms with Crippen molar-refractivity contribution < 1.29 is 14.3 Å². The van der Waals surface area contributed by atoms with Crippen molar-refractivity contribution in [3.63, 3.8) is 0 Å². The summed E-state index contributed by atoms with van der Waals surface area (Å²) in [7, 11) is 1.61. The van der Waals surface area contributed by atoms with Gasteiger partial charge in [0.05, 0.1) is 24.8 Å². The lowest BCUT2D eigenvalue weighted by Crippen LogP contribution is -2.52. The summed E-state index contributed by atoms with van der Waals surface area (Å²) in [5, 5.41) is 0. The summed E-state index contributed by atoms with van der Waals surface area (Å²) in [5.41, 5.74) is 1.57. The molecular formula is C23H34N4O3. The van der Waals surface area contributed by atoms with E-state index in [-0.39, 0.29) is 17.6 Å². The molecular weight excluding hydrogens is 380 g/mol. The molecule has 0 radical (unpaired) electrons. The molecule has 30 heavy (non-hydrogen) atoms. The van der Waals surface area contributed by atoms with Crippen LogP contribution in [-0.2, 0) is 9.47 Å². The molecule has 0 bridgehead atoms. The second-order valence-corrected chi connectivity index (χ2v) is 9.88. The predicted molar refractivity (Wildman–Crippen MR) is 118 cm³/mol. The van der Waals surface area contributed by atoms with Gasteiger partial charge in [0.2, 0.25) is 0 Å². The number of hydrogen-bond donors (Lipinski definition) is 0. The fourth-order valence-electron chi connectivity index (χ4n) is 4.63. The summed E-state index contributed by atoms with van der Waals surface area (Å²) < 4.78 is 11.0. The highest BCUT2D eigenvalue weighted by molar-refractivity contribution is 6.09. The van der Waals surface area contributed by atoms with E-state index < -0.39 is 5.60 Å². The van der Waals surface area contributed by atoms with Gasteiger partial charge in [-0.05, 0) is 65.5 Å². The Labute approximate surface area is 179 Å². The van der Waals surface area contributed by atoms with Gasteiger partial charge in [-0.3, -0.25) is 0 Å². The fraction of sp³-hybridized carbons (Fsp3) is 0.696. The Morgan fingerprint density at radius 3 is 2.47 bits per heavy atom. The lowest BCUT2D eigenvalue weighted by Gasteiger charge is -2.46. The number of nitrogens with zero attached hydrogens (tertiary/aromatic N) is 4. The zero-order valence-corrected chi connectivity index (χ0v) is 18.9. The summed E-state index contributed by atoms with van der Waals surface area (Å²) in [6.45, 7) is 10.5. The van der Waals surface area contributed by atoms with Gasteiger partial charge < -0.3 is 19.3 Å². The average Bonchev–Trinajstić information content (AvgIpc) is 3.51. The summed E-state index contributed by atoms with van der Waals surface area (Å²) >= 11 is 0. The highest BCUT2D eigenvalue weighted by Gasteiger charge is 2.44. The number of carbonyl (C=O) groups excluding carboxylic acids is 1. The Morgan fingerprint density at radius 2 is 1.87 bits per heavy atom. The normalized spacial score (nSPS) is 27.0. The van der Waals surface area contributed by atoms with E-state index in [2.05, 4.69) is 40.0 Å². The number of ether oxygens (including phenoxy) is 2. The molecule has 1 unspecified atom stereocenters. The summed E-state index contributed by atoms with van der Waals surface area (Å²) in [4.78, 5) is 26.4. The highest BCUT2D eigenvalue weighted by atomic mass is 16.6. The first-order valence-corrected chi connectivity index (χ1v) is 11.0. The lowest BCUT2D eigenvalue weighted by molar-refractivity contribution is 0.00671. The number of fused-ring (bicyclic) bond motifs is 1. The number of methoxy groups -OCH3 is 1. The van der Waals surface area contributed by atoms with Crippen LogP contribution in [0.15, 0.2) is 33.9 Å². The van der Waals surface area contributed by atoms with Crippen LogP contribution in [-0.4, -0.2) is 72.1 Å². The minimum Gasteiger partial charge on any atom is -0.467 e. The Hall–Kier alpha value is -2.31. The SMILES string of the molecule is COC1=NCC2(C)C(N3CCC(N(C(=O)OC(C)(C)C)C4CC4)CC3)=CC=CC2=N1. The number of hydrogen-bond acceptors (Lipinski definition) is 6. The third-order valence-electron chi connectivity index (χ3n) is 6.31. The molecule has 1 saturated carbocycles. The van der Waals surface area contributed by atoms with Crippen molar-refractivity contribution in [2.24, 2.45) is 15.4 Å². The zero-order valence-electron chi connectivity index (χ0n) is 18.9. The fourth-order valence-corrected chi connectivity index (χ4v) is 4.63. The van der Waals surface area contributed by atoms with Gasteiger partial charge in [-0.1, -0.05) is 6.08 Å². The largest absolute Gasteiger partial charge is 0.467 e. The molecule has 4 aliphatic rings. The number of amidine groups is 1. The van der Waals surface area contributed by atoms with Crippen molar-refractivity contribution in [1.29, 1.82) is 0 Å². The van der Waals surface area contributed by atoms with Crippen LogP contribution >= 0.6 is 0 Å². The van der Waals surface area contributed by atoms with Crippen molar-refractivity contribution in [3.05, 3.63) is 23.9 Å².